The number of amides is 2. The van der Waals surface area contributed by atoms with Crippen molar-refractivity contribution in [1.29, 1.82) is 0 Å². The van der Waals surface area contributed by atoms with Crippen LogP contribution in [0.5, 0.6) is 11.5 Å². The number of hydrogen-bond donors (Lipinski definition) is 2. The zero-order valence-electron chi connectivity index (χ0n) is 17.0. The number of hydrogen-bond acceptors (Lipinski definition) is 5. The van der Waals surface area contributed by atoms with Gasteiger partial charge in [0.15, 0.2) is 0 Å². The number of carbonyl (C=O) groups is 2. The molecule has 3 N–H and O–H groups in total. The van der Waals surface area contributed by atoms with Gasteiger partial charge in [-0.2, -0.15) is 0 Å². The number of ether oxygens (including phenoxy) is 1. The van der Waals surface area contributed by atoms with Gasteiger partial charge in [0, 0.05) is 18.7 Å². The third-order valence-corrected chi connectivity index (χ3v) is 5.25. The summed E-state index contributed by atoms with van der Waals surface area (Å²) >= 11 is 0. The Morgan fingerprint density at radius 3 is 2.42 bits per heavy atom. The Labute approximate surface area is 180 Å². The maximum atomic E-state index is 12.5. The minimum atomic E-state index is -0.270. The molecule has 0 bridgehead atoms. The molecule has 7 nitrogen and oxygen atoms in total. The minimum absolute atomic E-state index is 0.149. The largest absolute Gasteiger partial charge is 0.457 e. The molecule has 0 saturated carbocycles. The van der Waals surface area contributed by atoms with Gasteiger partial charge in [-0.15, -0.1) is 0 Å². The summed E-state index contributed by atoms with van der Waals surface area (Å²) in [6.45, 7) is 1.41. The van der Waals surface area contributed by atoms with Crippen molar-refractivity contribution in [2.75, 3.05) is 23.3 Å². The molecular weight excluding hydrogens is 392 g/mol. The summed E-state index contributed by atoms with van der Waals surface area (Å²) in [5.41, 5.74) is 6.57. The molecular formula is C24H24N4O3. The first kappa shape index (κ1) is 20.4. The highest BCUT2D eigenvalue weighted by atomic mass is 16.5. The van der Waals surface area contributed by atoms with Crippen molar-refractivity contribution < 1.29 is 14.3 Å². The number of primary amides is 1. The maximum Gasteiger partial charge on any atom is 0.255 e. The van der Waals surface area contributed by atoms with E-state index in [1.54, 1.807) is 36.5 Å². The Balaban J connectivity index is 1.35. The van der Waals surface area contributed by atoms with Crippen molar-refractivity contribution in [3.8, 4) is 11.5 Å². The predicted octanol–water partition coefficient (Wildman–Crippen LogP) is 3.83. The molecule has 7 heteroatoms. The van der Waals surface area contributed by atoms with E-state index in [1.165, 1.54) is 0 Å². The number of aromatic nitrogens is 1. The summed E-state index contributed by atoms with van der Waals surface area (Å²) in [7, 11) is 0. The van der Waals surface area contributed by atoms with Crippen LogP contribution in [0.1, 0.15) is 23.2 Å². The molecule has 0 radical (unpaired) electrons. The van der Waals surface area contributed by atoms with Gasteiger partial charge in [-0.1, -0.05) is 18.2 Å². The summed E-state index contributed by atoms with van der Waals surface area (Å²) in [6, 6.07) is 20.1. The number of para-hydroxylation sites is 1. The van der Waals surface area contributed by atoms with Crippen molar-refractivity contribution >= 4 is 23.3 Å². The molecule has 2 heterocycles. The lowest BCUT2D eigenvalue weighted by molar-refractivity contribution is -0.122. The van der Waals surface area contributed by atoms with Gasteiger partial charge in [0.05, 0.1) is 17.8 Å². The highest BCUT2D eigenvalue weighted by molar-refractivity contribution is 6.04. The Morgan fingerprint density at radius 1 is 1.00 bits per heavy atom. The first-order valence-electron chi connectivity index (χ1n) is 10.2. The number of benzene rings is 2. The average Bonchev–Trinajstić information content (AvgIpc) is 2.81. The van der Waals surface area contributed by atoms with Crippen LogP contribution in [-0.2, 0) is 4.79 Å². The van der Waals surface area contributed by atoms with E-state index in [1.807, 2.05) is 36.4 Å². The molecule has 1 atom stereocenters. The van der Waals surface area contributed by atoms with E-state index in [2.05, 4.69) is 15.2 Å². The Kier molecular flexibility index (Phi) is 6.12. The summed E-state index contributed by atoms with van der Waals surface area (Å²) in [6.07, 6.45) is 3.33. The Hall–Kier alpha value is -3.87. The highest BCUT2D eigenvalue weighted by Gasteiger charge is 2.24. The van der Waals surface area contributed by atoms with Gasteiger partial charge in [0.25, 0.3) is 5.91 Å². The molecule has 3 aromatic rings. The van der Waals surface area contributed by atoms with E-state index in [0.29, 0.717) is 23.5 Å². The monoisotopic (exact) mass is 416 g/mol. The minimum Gasteiger partial charge on any atom is -0.457 e. The van der Waals surface area contributed by atoms with Crippen LogP contribution in [0, 0.1) is 5.92 Å². The number of anilines is 2. The fourth-order valence-electron chi connectivity index (χ4n) is 3.57. The van der Waals surface area contributed by atoms with E-state index in [9.17, 15) is 9.59 Å². The number of rotatable bonds is 6. The number of pyridine rings is 1. The molecule has 1 aliphatic rings. The second kappa shape index (κ2) is 9.30. The van der Waals surface area contributed by atoms with Crippen molar-refractivity contribution in [1.82, 2.24) is 4.98 Å². The molecule has 31 heavy (non-hydrogen) atoms. The third kappa shape index (κ3) is 5.19. The predicted molar refractivity (Wildman–Crippen MR) is 119 cm³/mol. The summed E-state index contributed by atoms with van der Waals surface area (Å²) in [5, 5.41) is 2.85. The van der Waals surface area contributed by atoms with E-state index >= 15 is 0 Å². The highest BCUT2D eigenvalue weighted by Crippen LogP contribution is 2.24. The van der Waals surface area contributed by atoms with E-state index < -0.39 is 0 Å². The van der Waals surface area contributed by atoms with Gasteiger partial charge in [-0.25, -0.2) is 4.98 Å². The van der Waals surface area contributed by atoms with Crippen LogP contribution in [0.2, 0.25) is 0 Å². The molecule has 1 fully saturated rings. The molecule has 1 unspecified atom stereocenters. The van der Waals surface area contributed by atoms with Crippen molar-refractivity contribution in [2.45, 2.75) is 12.8 Å². The molecule has 1 aliphatic heterocycles. The van der Waals surface area contributed by atoms with E-state index in [4.69, 9.17) is 10.5 Å². The lowest BCUT2D eigenvalue weighted by Crippen LogP contribution is -2.41. The second-order valence-corrected chi connectivity index (χ2v) is 7.49. The average molecular weight is 416 g/mol. The summed E-state index contributed by atoms with van der Waals surface area (Å²) < 4.78 is 5.75. The summed E-state index contributed by atoms with van der Waals surface area (Å²) in [4.78, 5) is 30.5. The van der Waals surface area contributed by atoms with Crippen LogP contribution in [0.15, 0.2) is 72.9 Å². The molecule has 158 valence electrons. The first-order chi connectivity index (χ1) is 15.1. The molecule has 0 aliphatic carbocycles. The van der Waals surface area contributed by atoms with Gasteiger partial charge in [-0.05, 0) is 61.4 Å². The standard InChI is InChI=1S/C24H24N4O3/c25-23(29)18-5-4-14-28(16-18)22-13-10-19(15-26-22)27-24(30)17-8-11-21(12-9-17)31-20-6-2-1-3-7-20/h1-3,6-13,15,18H,4-5,14,16H2,(H2,25,29)(H,27,30). The van der Waals surface area contributed by atoms with Gasteiger partial charge in [0.1, 0.15) is 17.3 Å². The van der Waals surface area contributed by atoms with E-state index in [0.717, 1.165) is 31.0 Å². The number of nitrogens with two attached hydrogens (primary N) is 1. The molecule has 2 aromatic carbocycles. The Bertz CT molecular complexity index is 1040. The van der Waals surface area contributed by atoms with Gasteiger partial charge < -0.3 is 20.7 Å². The third-order valence-electron chi connectivity index (χ3n) is 5.25. The van der Waals surface area contributed by atoms with Gasteiger partial charge >= 0.3 is 0 Å². The van der Waals surface area contributed by atoms with Crippen molar-refractivity contribution in [2.24, 2.45) is 11.7 Å². The van der Waals surface area contributed by atoms with Crippen LogP contribution >= 0.6 is 0 Å². The fourth-order valence-corrected chi connectivity index (χ4v) is 3.57. The lowest BCUT2D eigenvalue weighted by atomic mass is 9.97. The number of nitrogens with one attached hydrogen (secondary N) is 1. The van der Waals surface area contributed by atoms with Gasteiger partial charge in [-0.3, -0.25) is 9.59 Å². The zero-order valence-corrected chi connectivity index (χ0v) is 17.0. The van der Waals surface area contributed by atoms with Crippen molar-refractivity contribution in [3.63, 3.8) is 0 Å². The molecule has 1 aromatic heterocycles. The second-order valence-electron chi connectivity index (χ2n) is 7.49. The van der Waals surface area contributed by atoms with E-state index in [-0.39, 0.29) is 17.7 Å². The van der Waals surface area contributed by atoms with Gasteiger partial charge in [0.2, 0.25) is 5.91 Å². The van der Waals surface area contributed by atoms with Crippen LogP contribution in [-0.4, -0.2) is 29.9 Å². The lowest BCUT2D eigenvalue weighted by Gasteiger charge is -2.32. The van der Waals surface area contributed by atoms with Crippen LogP contribution in [0.25, 0.3) is 0 Å². The number of nitrogens with zero attached hydrogens (tertiary/aromatic N) is 2. The number of carbonyl (C=O) groups excluding carboxylic acids is 2. The normalized spacial score (nSPS) is 15.9. The maximum absolute atomic E-state index is 12.5. The molecule has 0 spiro atoms. The molecule has 1 saturated heterocycles. The quantitative estimate of drug-likeness (QED) is 0.637. The molecule has 2 amide bonds. The van der Waals surface area contributed by atoms with Crippen LogP contribution in [0.4, 0.5) is 11.5 Å². The fraction of sp³-hybridized carbons (Fsp3) is 0.208. The SMILES string of the molecule is NC(=O)C1CCCN(c2ccc(NC(=O)c3ccc(Oc4ccccc4)cc3)cn2)C1. The van der Waals surface area contributed by atoms with Crippen LogP contribution in [0.3, 0.4) is 0 Å². The first-order valence-corrected chi connectivity index (χ1v) is 10.2. The molecule has 4 rings (SSSR count). The summed E-state index contributed by atoms with van der Waals surface area (Å²) in [5.74, 6) is 1.52. The van der Waals surface area contributed by atoms with Crippen LogP contribution < -0.4 is 20.7 Å². The Morgan fingerprint density at radius 2 is 1.74 bits per heavy atom. The zero-order chi connectivity index (χ0) is 21.6. The topological polar surface area (TPSA) is 97.6 Å². The van der Waals surface area contributed by atoms with Crippen molar-refractivity contribution in [3.05, 3.63) is 78.5 Å². The number of piperidine rings is 1. The smallest absolute Gasteiger partial charge is 0.255 e.